The second-order valence-electron chi connectivity index (χ2n) is 5.93. The van der Waals surface area contributed by atoms with Crippen LogP contribution in [0.1, 0.15) is 30.9 Å². The molecule has 0 amide bonds. The Morgan fingerprint density at radius 2 is 1.95 bits per heavy atom. The second kappa shape index (κ2) is 8.09. The van der Waals surface area contributed by atoms with E-state index in [1.54, 1.807) is 12.1 Å². The van der Waals surface area contributed by atoms with Crippen molar-refractivity contribution >= 4 is 12.4 Å². The van der Waals surface area contributed by atoms with Gasteiger partial charge in [0.05, 0.1) is 0 Å². The molecule has 6 heteroatoms. The van der Waals surface area contributed by atoms with Crippen molar-refractivity contribution < 1.29 is 13.5 Å². The topological polar surface area (TPSA) is 24.5 Å². The zero-order chi connectivity index (χ0) is 14.7. The van der Waals surface area contributed by atoms with Crippen LogP contribution < -0.4 is 10.1 Å². The average Bonchev–Trinajstić information content (AvgIpc) is 3.29. The average molecular weight is 333 g/mol. The summed E-state index contributed by atoms with van der Waals surface area (Å²) in [6.45, 7) is 1.25. The van der Waals surface area contributed by atoms with Crippen molar-refractivity contribution in [1.29, 1.82) is 0 Å². The minimum absolute atomic E-state index is 0. The Labute approximate surface area is 136 Å². The number of halogens is 3. The Kier molecular flexibility index (Phi) is 6.41. The van der Waals surface area contributed by atoms with Gasteiger partial charge in [-0.05, 0) is 30.0 Å². The normalized spacial score (nSPS) is 20.5. The maximum Gasteiger partial charge on any atom is 0.387 e. The van der Waals surface area contributed by atoms with E-state index in [2.05, 4.69) is 15.0 Å². The summed E-state index contributed by atoms with van der Waals surface area (Å²) in [5.74, 6) is 1.06. The predicted octanol–water partition coefficient (Wildman–Crippen LogP) is 3.46. The molecule has 0 bridgehead atoms. The largest absolute Gasteiger partial charge is 0.435 e. The maximum atomic E-state index is 12.4. The molecule has 1 saturated heterocycles. The molecule has 1 atom stereocenters. The SMILES string of the molecule is Cl.FC(F)Oc1cccc([C@H](CC2CC2)N2CCNCC2)c1. The fraction of sp³-hybridized carbons (Fsp3) is 0.625. The van der Waals surface area contributed by atoms with Gasteiger partial charge in [0, 0.05) is 32.2 Å². The van der Waals surface area contributed by atoms with E-state index >= 15 is 0 Å². The van der Waals surface area contributed by atoms with E-state index in [1.165, 1.54) is 12.8 Å². The number of rotatable bonds is 6. The van der Waals surface area contributed by atoms with Crippen LogP contribution in [0.5, 0.6) is 5.75 Å². The molecule has 1 aliphatic carbocycles. The van der Waals surface area contributed by atoms with Crippen LogP contribution in [0.3, 0.4) is 0 Å². The molecule has 3 nitrogen and oxygen atoms in total. The van der Waals surface area contributed by atoms with Crippen LogP contribution in [0.4, 0.5) is 8.78 Å². The summed E-state index contributed by atoms with van der Waals surface area (Å²) < 4.78 is 29.3. The van der Waals surface area contributed by atoms with Gasteiger partial charge in [-0.15, -0.1) is 12.4 Å². The lowest BCUT2D eigenvalue weighted by molar-refractivity contribution is -0.0499. The summed E-state index contributed by atoms with van der Waals surface area (Å²) in [5, 5.41) is 3.36. The number of alkyl halides is 2. The van der Waals surface area contributed by atoms with Crippen molar-refractivity contribution in [3.63, 3.8) is 0 Å². The fourth-order valence-corrected chi connectivity index (χ4v) is 3.06. The minimum Gasteiger partial charge on any atom is -0.435 e. The number of nitrogens with zero attached hydrogens (tertiary/aromatic N) is 1. The molecule has 0 radical (unpaired) electrons. The van der Waals surface area contributed by atoms with Crippen molar-refractivity contribution in [2.45, 2.75) is 31.9 Å². The molecule has 1 aromatic rings. The molecule has 1 aromatic carbocycles. The first-order valence-corrected chi connectivity index (χ1v) is 7.72. The van der Waals surface area contributed by atoms with Crippen LogP contribution in [0.2, 0.25) is 0 Å². The van der Waals surface area contributed by atoms with E-state index in [1.807, 2.05) is 12.1 Å². The van der Waals surface area contributed by atoms with E-state index in [0.29, 0.717) is 6.04 Å². The van der Waals surface area contributed by atoms with E-state index in [4.69, 9.17) is 0 Å². The number of nitrogens with one attached hydrogen (secondary N) is 1. The highest BCUT2D eigenvalue weighted by molar-refractivity contribution is 5.85. The van der Waals surface area contributed by atoms with Gasteiger partial charge in [0.2, 0.25) is 0 Å². The second-order valence-corrected chi connectivity index (χ2v) is 5.93. The monoisotopic (exact) mass is 332 g/mol. The minimum atomic E-state index is -2.76. The van der Waals surface area contributed by atoms with Crippen LogP contribution in [0.25, 0.3) is 0 Å². The molecular formula is C16H23ClF2N2O. The quantitative estimate of drug-likeness (QED) is 0.863. The smallest absolute Gasteiger partial charge is 0.387 e. The first-order valence-electron chi connectivity index (χ1n) is 7.72. The van der Waals surface area contributed by atoms with E-state index in [9.17, 15) is 8.78 Å². The standard InChI is InChI=1S/C16H22F2N2O.ClH/c17-16(18)21-14-3-1-2-13(11-14)15(10-12-4-5-12)20-8-6-19-7-9-20;/h1-3,11-12,15-16,19H,4-10H2;1H/t15-;/m0./s1. The van der Waals surface area contributed by atoms with Crippen LogP contribution in [-0.4, -0.2) is 37.7 Å². The first kappa shape index (κ1) is 17.4. The number of piperazine rings is 1. The Balaban J connectivity index is 0.00000176. The highest BCUT2D eigenvalue weighted by Crippen LogP contribution is 2.40. The summed E-state index contributed by atoms with van der Waals surface area (Å²) in [4.78, 5) is 2.47. The number of benzene rings is 1. The van der Waals surface area contributed by atoms with Gasteiger partial charge in [0.25, 0.3) is 0 Å². The van der Waals surface area contributed by atoms with Crippen molar-refractivity contribution in [3.8, 4) is 5.75 Å². The van der Waals surface area contributed by atoms with E-state index in [-0.39, 0.29) is 18.2 Å². The Morgan fingerprint density at radius 3 is 2.59 bits per heavy atom. The lowest BCUT2D eigenvalue weighted by Crippen LogP contribution is -2.45. The van der Waals surface area contributed by atoms with Gasteiger partial charge in [-0.3, -0.25) is 4.90 Å². The van der Waals surface area contributed by atoms with Gasteiger partial charge < -0.3 is 10.1 Å². The first-order chi connectivity index (χ1) is 10.2. The molecule has 0 spiro atoms. The van der Waals surface area contributed by atoms with Gasteiger partial charge in [-0.2, -0.15) is 8.78 Å². The number of hydrogen-bond acceptors (Lipinski definition) is 3. The zero-order valence-corrected chi connectivity index (χ0v) is 13.3. The van der Waals surface area contributed by atoms with Gasteiger partial charge in [0.15, 0.2) is 0 Å². The van der Waals surface area contributed by atoms with Crippen molar-refractivity contribution in [2.75, 3.05) is 26.2 Å². The van der Waals surface area contributed by atoms with E-state index in [0.717, 1.165) is 44.1 Å². The van der Waals surface area contributed by atoms with Crippen LogP contribution in [-0.2, 0) is 0 Å². The highest BCUT2D eigenvalue weighted by Gasteiger charge is 2.30. The van der Waals surface area contributed by atoms with E-state index < -0.39 is 6.61 Å². The lowest BCUT2D eigenvalue weighted by atomic mass is 9.98. The molecule has 3 rings (SSSR count). The van der Waals surface area contributed by atoms with Crippen molar-refractivity contribution in [1.82, 2.24) is 10.2 Å². The molecule has 22 heavy (non-hydrogen) atoms. The molecule has 124 valence electrons. The van der Waals surface area contributed by atoms with Crippen LogP contribution in [0.15, 0.2) is 24.3 Å². The van der Waals surface area contributed by atoms with Crippen molar-refractivity contribution in [3.05, 3.63) is 29.8 Å². The summed E-state index contributed by atoms with van der Waals surface area (Å²) in [5.41, 5.74) is 1.10. The molecule has 1 N–H and O–H groups in total. The number of hydrogen-bond donors (Lipinski definition) is 1. The Morgan fingerprint density at radius 1 is 1.23 bits per heavy atom. The maximum absolute atomic E-state index is 12.4. The zero-order valence-electron chi connectivity index (χ0n) is 12.5. The molecule has 2 aliphatic rings. The third-order valence-corrected chi connectivity index (χ3v) is 4.31. The highest BCUT2D eigenvalue weighted by atomic mass is 35.5. The lowest BCUT2D eigenvalue weighted by Gasteiger charge is -2.35. The summed E-state index contributed by atoms with van der Waals surface area (Å²) >= 11 is 0. The molecule has 0 unspecified atom stereocenters. The summed E-state index contributed by atoms with van der Waals surface area (Å²) in [7, 11) is 0. The number of ether oxygens (including phenoxy) is 1. The van der Waals surface area contributed by atoms with Crippen LogP contribution in [0, 0.1) is 5.92 Å². The molecular weight excluding hydrogens is 310 g/mol. The summed E-state index contributed by atoms with van der Waals surface area (Å²) in [6.07, 6.45) is 3.73. The molecule has 2 fully saturated rings. The molecule has 0 aromatic heterocycles. The molecule has 1 saturated carbocycles. The molecule has 1 heterocycles. The predicted molar refractivity (Wildman–Crippen MR) is 84.8 cm³/mol. The van der Waals surface area contributed by atoms with Gasteiger partial charge in [-0.1, -0.05) is 25.0 Å². The Bertz CT molecular complexity index is 465. The Hall–Kier alpha value is -0.910. The van der Waals surface area contributed by atoms with Gasteiger partial charge in [-0.25, -0.2) is 0 Å². The summed E-state index contributed by atoms with van der Waals surface area (Å²) in [6, 6.07) is 7.55. The van der Waals surface area contributed by atoms with Gasteiger partial charge >= 0.3 is 6.61 Å². The van der Waals surface area contributed by atoms with Crippen LogP contribution >= 0.6 is 12.4 Å². The van der Waals surface area contributed by atoms with Crippen molar-refractivity contribution in [2.24, 2.45) is 5.92 Å². The van der Waals surface area contributed by atoms with Gasteiger partial charge in [0.1, 0.15) is 5.75 Å². The molecule has 1 aliphatic heterocycles. The fourth-order valence-electron chi connectivity index (χ4n) is 3.06. The third-order valence-electron chi connectivity index (χ3n) is 4.31. The third kappa shape index (κ3) is 4.80.